The summed E-state index contributed by atoms with van der Waals surface area (Å²) in [6.45, 7) is 0.109. The van der Waals surface area contributed by atoms with Crippen molar-refractivity contribution in [1.29, 1.82) is 0 Å². The van der Waals surface area contributed by atoms with Crippen molar-refractivity contribution in [3.05, 3.63) is 83.7 Å². The largest absolute Gasteiger partial charge is 0.434 e. The molecule has 4 nitrogen and oxygen atoms in total. The van der Waals surface area contributed by atoms with Crippen LogP contribution in [-0.2, 0) is 12.7 Å². The molecule has 0 aliphatic heterocycles. The molecule has 1 amide bonds. The van der Waals surface area contributed by atoms with Gasteiger partial charge >= 0.3 is 6.18 Å². The Morgan fingerprint density at radius 3 is 2.19 bits per heavy atom. The summed E-state index contributed by atoms with van der Waals surface area (Å²) in [7, 11) is 0. The molecule has 3 rings (SSSR count). The van der Waals surface area contributed by atoms with Gasteiger partial charge in [0.05, 0.1) is 5.56 Å². The fourth-order valence-electron chi connectivity index (χ4n) is 2.36. The molecule has 132 valence electrons. The Balaban J connectivity index is 1.89. The van der Waals surface area contributed by atoms with Crippen molar-refractivity contribution in [2.24, 2.45) is 0 Å². The van der Waals surface area contributed by atoms with Crippen molar-refractivity contribution in [1.82, 2.24) is 15.3 Å². The summed E-state index contributed by atoms with van der Waals surface area (Å²) in [6.07, 6.45) is -3.86. The van der Waals surface area contributed by atoms with Crippen LogP contribution in [0.25, 0.3) is 11.4 Å². The third-order valence-corrected chi connectivity index (χ3v) is 3.63. The van der Waals surface area contributed by atoms with Crippen molar-refractivity contribution in [3.8, 4) is 11.4 Å². The summed E-state index contributed by atoms with van der Waals surface area (Å²) in [5, 5.41) is 2.47. The third kappa shape index (κ3) is 4.05. The summed E-state index contributed by atoms with van der Waals surface area (Å²) < 4.78 is 40.2. The summed E-state index contributed by atoms with van der Waals surface area (Å²) in [5.74, 6) is -0.960. The number of hydrogen-bond donors (Lipinski definition) is 1. The van der Waals surface area contributed by atoms with Crippen LogP contribution in [0.4, 0.5) is 13.2 Å². The molecule has 0 saturated carbocycles. The number of rotatable bonds is 4. The molecule has 1 N–H and O–H groups in total. The molecule has 0 unspecified atom stereocenters. The molecule has 0 saturated heterocycles. The van der Waals surface area contributed by atoms with Gasteiger partial charge in [-0.3, -0.25) is 4.79 Å². The Kier molecular flexibility index (Phi) is 4.97. The van der Waals surface area contributed by atoms with E-state index in [-0.39, 0.29) is 12.4 Å². The van der Waals surface area contributed by atoms with Crippen LogP contribution in [0, 0.1) is 0 Å². The number of amides is 1. The molecule has 0 spiro atoms. The lowest BCUT2D eigenvalue weighted by molar-refractivity contribution is -0.141. The molecular weight excluding hydrogens is 343 g/mol. The SMILES string of the molecule is O=C(NCc1ccccc1)c1cnc(-c2ccccc2)nc1C(F)(F)F. The molecule has 0 aliphatic rings. The number of alkyl halides is 3. The van der Waals surface area contributed by atoms with Gasteiger partial charge in [-0.25, -0.2) is 9.97 Å². The molecule has 0 atom stereocenters. The molecule has 7 heteroatoms. The van der Waals surface area contributed by atoms with E-state index in [2.05, 4.69) is 15.3 Å². The zero-order chi connectivity index (χ0) is 18.6. The van der Waals surface area contributed by atoms with E-state index in [9.17, 15) is 18.0 Å². The van der Waals surface area contributed by atoms with Gasteiger partial charge in [0.25, 0.3) is 5.91 Å². The average Bonchev–Trinajstić information content (AvgIpc) is 2.66. The van der Waals surface area contributed by atoms with E-state index < -0.39 is 23.3 Å². The van der Waals surface area contributed by atoms with Crippen LogP contribution >= 0.6 is 0 Å². The molecule has 1 aromatic heterocycles. The fraction of sp³-hybridized carbons (Fsp3) is 0.105. The lowest BCUT2D eigenvalue weighted by Gasteiger charge is -2.13. The molecule has 0 aliphatic carbocycles. The van der Waals surface area contributed by atoms with Crippen molar-refractivity contribution in [2.45, 2.75) is 12.7 Å². The average molecular weight is 357 g/mol. The van der Waals surface area contributed by atoms with E-state index in [1.807, 2.05) is 6.07 Å². The summed E-state index contributed by atoms with van der Waals surface area (Å²) in [5.41, 5.74) is -0.643. The summed E-state index contributed by atoms with van der Waals surface area (Å²) >= 11 is 0. The van der Waals surface area contributed by atoms with E-state index in [1.54, 1.807) is 54.6 Å². The first-order chi connectivity index (χ1) is 12.4. The smallest absolute Gasteiger partial charge is 0.348 e. The molecule has 0 radical (unpaired) electrons. The van der Waals surface area contributed by atoms with Gasteiger partial charge in [-0.2, -0.15) is 13.2 Å². The van der Waals surface area contributed by atoms with Crippen LogP contribution in [0.15, 0.2) is 66.9 Å². The number of nitrogens with one attached hydrogen (secondary N) is 1. The van der Waals surface area contributed by atoms with Gasteiger partial charge in [0.15, 0.2) is 11.5 Å². The van der Waals surface area contributed by atoms with Crippen molar-refractivity contribution in [3.63, 3.8) is 0 Å². The second-order valence-corrected chi connectivity index (χ2v) is 5.49. The van der Waals surface area contributed by atoms with Crippen LogP contribution in [0.3, 0.4) is 0 Å². The minimum atomic E-state index is -4.77. The quantitative estimate of drug-likeness (QED) is 0.765. The van der Waals surface area contributed by atoms with Crippen LogP contribution in [0.1, 0.15) is 21.6 Å². The fourth-order valence-corrected chi connectivity index (χ4v) is 2.36. The Hall–Kier alpha value is -3.22. The first-order valence-electron chi connectivity index (χ1n) is 7.77. The molecule has 2 aromatic carbocycles. The summed E-state index contributed by atoms with van der Waals surface area (Å²) in [6, 6.07) is 17.2. The van der Waals surface area contributed by atoms with Crippen molar-refractivity contribution in [2.75, 3.05) is 0 Å². The summed E-state index contributed by atoms with van der Waals surface area (Å²) in [4.78, 5) is 19.8. The van der Waals surface area contributed by atoms with Gasteiger partial charge in [0, 0.05) is 18.3 Å². The second kappa shape index (κ2) is 7.35. The number of benzene rings is 2. The number of carbonyl (C=O) groups excluding carboxylic acids is 1. The Bertz CT molecular complexity index is 897. The second-order valence-electron chi connectivity index (χ2n) is 5.49. The minimum absolute atomic E-state index is 0.0856. The first-order valence-corrected chi connectivity index (χ1v) is 7.77. The van der Waals surface area contributed by atoms with Crippen LogP contribution in [0.5, 0.6) is 0 Å². The Labute approximate surface area is 147 Å². The maximum atomic E-state index is 13.4. The van der Waals surface area contributed by atoms with Gasteiger partial charge in [-0.1, -0.05) is 60.7 Å². The monoisotopic (exact) mass is 357 g/mol. The van der Waals surface area contributed by atoms with Gasteiger partial charge in [-0.05, 0) is 5.56 Å². The van der Waals surface area contributed by atoms with Gasteiger partial charge in [-0.15, -0.1) is 0 Å². The molecule has 1 heterocycles. The molecule has 26 heavy (non-hydrogen) atoms. The van der Waals surface area contributed by atoms with Crippen LogP contribution < -0.4 is 5.32 Å². The Morgan fingerprint density at radius 1 is 0.962 bits per heavy atom. The van der Waals surface area contributed by atoms with E-state index in [1.165, 1.54) is 0 Å². The molecular formula is C19H14F3N3O. The van der Waals surface area contributed by atoms with E-state index in [4.69, 9.17) is 0 Å². The lowest BCUT2D eigenvalue weighted by atomic mass is 10.1. The van der Waals surface area contributed by atoms with Crippen molar-refractivity contribution >= 4 is 5.91 Å². The number of aromatic nitrogens is 2. The van der Waals surface area contributed by atoms with Crippen LogP contribution in [-0.4, -0.2) is 15.9 Å². The highest BCUT2D eigenvalue weighted by molar-refractivity contribution is 5.95. The Morgan fingerprint density at radius 2 is 1.58 bits per heavy atom. The highest BCUT2D eigenvalue weighted by Gasteiger charge is 2.38. The van der Waals surface area contributed by atoms with Gasteiger partial charge in [0.2, 0.25) is 0 Å². The maximum absolute atomic E-state index is 13.4. The zero-order valence-corrected chi connectivity index (χ0v) is 13.5. The standard InChI is InChI=1S/C19H14F3N3O/c20-19(21,22)16-15(18(26)24-11-13-7-3-1-4-8-13)12-23-17(25-16)14-9-5-2-6-10-14/h1-10,12H,11H2,(H,24,26). The van der Waals surface area contributed by atoms with Crippen molar-refractivity contribution < 1.29 is 18.0 Å². The number of halogens is 3. The number of nitrogens with zero attached hydrogens (tertiary/aromatic N) is 2. The molecule has 0 bridgehead atoms. The van der Waals surface area contributed by atoms with E-state index in [0.717, 1.165) is 11.8 Å². The lowest BCUT2D eigenvalue weighted by Crippen LogP contribution is -2.27. The third-order valence-electron chi connectivity index (χ3n) is 3.63. The molecule has 3 aromatic rings. The predicted molar refractivity (Wildman–Crippen MR) is 90.1 cm³/mol. The van der Waals surface area contributed by atoms with E-state index >= 15 is 0 Å². The number of carbonyl (C=O) groups is 1. The maximum Gasteiger partial charge on any atom is 0.434 e. The highest BCUT2D eigenvalue weighted by Crippen LogP contribution is 2.31. The predicted octanol–water partition coefficient (Wildman–Crippen LogP) is 4.09. The number of hydrogen-bond acceptors (Lipinski definition) is 3. The molecule has 0 fully saturated rings. The normalized spacial score (nSPS) is 11.2. The van der Waals surface area contributed by atoms with Gasteiger partial charge in [0.1, 0.15) is 0 Å². The topological polar surface area (TPSA) is 54.9 Å². The zero-order valence-electron chi connectivity index (χ0n) is 13.5. The van der Waals surface area contributed by atoms with E-state index in [0.29, 0.717) is 5.56 Å². The van der Waals surface area contributed by atoms with Crippen LogP contribution in [0.2, 0.25) is 0 Å². The van der Waals surface area contributed by atoms with Gasteiger partial charge < -0.3 is 5.32 Å². The first kappa shape index (κ1) is 17.6. The minimum Gasteiger partial charge on any atom is -0.348 e. The highest BCUT2D eigenvalue weighted by atomic mass is 19.4.